The number of carbonyl (C=O) groups is 1. The highest BCUT2D eigenvalue weighted by Gasteiger charge is 2.34. The molecule has 6 nitrogen and oxygen atoms in total. The summed E-state index contributed by atoms with van der Waals surface area (Å²) in [5, 5.41) is 4.14. The van der Waals surface area contributed by atoms with Gasteiger partial charge in [0.1, 0.15) is 5.75 Å². The van der Waals surface area contributed by atoms with E-state index in [9.17, 15) is 4.79 Å². The van der Waals surface area contributed by atoms with Gasteiger partial charge in [-0.3, -0.25) is 4.79 Å². The van der Waals surface area contributed by atoms with Crippen LogP contribution in [0.25, 0.3) is 11.4 Å². The second-order valence-electron chi connectivity index (χ2n) is 8.40. The molecule has 2 heterocycles. The summed E-state index contributed by atoms with van der Waals surface area (Å²) in [6, 6.07) is 16.2. The third-order valence-electron chi connectivity index (χ3n) is 5.61. The lowest BCUT2D eigenvalue weighted by molar-refractivity contribution is -0.128. The van der Waals surface area contributed by atoms with Gasteiger partial charge in [-0.05, 0) is 35.6 Å². The highest BCUT2D eigenvalue weighted by molar-refractivity contribution is 5.79. The van der Waals surface area contributed by atoms with Gasteiger partial charge in [0, 0.05) is 25.1 Å². The Morgan fingerprint density at radius 1 is 1.13 bits per heavy atom. The van der Waals surface area contributed by atoms with Crippen molar-refractivity contribution in [1.82, 2.24) is 15.0 Å². The van der Waals surface area contributed by atoms with Crippen LogP contribution in [0.3, 0.4) is 0 Å². The van der Waals surface area contributed by atoms with E-state index in [0.717, 1.165) is 23.3 Å². The van der Waals surface area contributed by atoms with E-state index in [1.54, 1.807) is 0 Å². The maximum Gasteiger partial charge on any atom is 0.232 e. The van der Waals surface area contributed by atoms with Crippen molar-refractivity contribution in [3.63, 3.8) is 0 Å². The Labute approximate surface area is 183 Å². The molecule has 6 heteroatoms. The average Bonchev–Trinajstić information content (AvgIpc) is 3.41. The molecule has 1 atom stereocenters. The maximum absolute atomic E-state index is 12.6. The molecule has 1 aliphatic rings. The fourth-order valence-corrected chi connectivity index (χ4v) is 3.76. The summed E-state index contributed by atoms with van der Waals surface area (Å²) in [5.41, 5.74) is 3.27. The number of hydrogen-bond acceptors (Lipinski definition) is 5. The van der Waals surface area contributed by atoms with Crippen LogP contribution in [0.15, 0.2) is 53.1 Å². The molecule has 0 bridgehead atoms. The minimum Gasteiger partial charge on any atom is -0.494 e. The SMILES string of the molecule is CCCOc1ccc(CN2CC(c3nc(-c4ccc(C(C)C)cc4)no3)CC2=O)cc1. The topological polar surface area (TPSA) is 68.5 Å². The molecule has 0 radical (unpaired) electrons. The molecule has 1 unspecified atom stereocenters. The largest absolute Gasteiger partial charge is 0.494 e. The molecule has 162 valence electrons. The van der Waals surface area contributed by atoms with Gasteiger partial charge in [0.05, 0.1) is 12.5 Å². The first-order valence-electron chi connectivity index (χ1n) is 11.0. The van der Waals surface area contributed by atoms with Crippen LogP contribution in [0, 0.1) is 0 Å². The van der Waals surface area contributed by atoms with Crippen LogP contribution in [0.2, 0.25) is 0 Å². The number of benzene rings is 2. The highest BCUT2D eigenvalue weighted by Crippen LogP contribution is 2.30. The Kier molecular flexibility index (Phi) is 6.35. The molecule has 1 fully saturated rings. The summed E-state index contributed by atoms with van der Waals surface area (Å²) in [4.78, 5) is 19.0. The molecule has 0 aliphatic carbocycles. The van der Waals surface area contributed by atoms with Gasteiger partial charge < -0.3 is 14.2 Å². The quantitative estimate of drug-likeness (QED) is 0.504. The highest BCUT2D eigenvalue weighted by atomic mass is 16.5. The Hall–Kier alpha value is -3.15. The van der Waals surface area contributed by atoms with Crippen LogP contribution < -0.4 is 4.74 Å². The Balaban J connectivity index is 1.39. The molecule has 1 aliphatic heterocycles. The second-order valence-corrected chi connectivity index (χ2v) is 8.40. The van der Waals surface area contributed by atoms with Crippen LogP contribution in [-0.2, 0) is 11.3 Å². The van der Waals surface area contributed by atoms with Crippen LogP contribution >= 0.6 is 0 Å². The van der Waals surface area contributed by atoms with Crippen molar-refractivity contribution in [2.24, 2.45) is 0 Å². The predicted octanol–water partition coefficient (Wildman–Crippen LogP) is 5.16. The summed E-state index contributed by atoms with van der Waals surface area (Å²) in [6.07, 6.45) is 1.37. The molecular weight excluding hydrogens is 390 g/mol. The van der Waals surface area contributed by atoms with Gasteiger partial charge in [0.2, 0.25) is 17.6 Å². The van der Waals surface area contributed by atoms with Gasteiger partial charge in [-0.1, -0.05) is 62.3 Å². The Bertz CT molecular complexity index is 1010. The number of hydrogen-bond donors (Lipinski definition) is 0. The number of carbonyl (C=O) groups excluding carboxylic acids is 1. The monoisotopic (exact) mass is 419 g/mol. The molecule has 2 aromatic carbocycles. The van der Waals surface area contributed by atoms with E-state index in [4.69, 9.17) is 9.26 Å². The van der Waals surface area contributed by atoms with Crippen molar-refractivity contribution in [2.45, 2.75) is 52.0 Å². The third-order valence-corrected chi connectivity index (χ3v) is 5.61. The van der Waals surface area contributed by atoms with Crippen molar-refractivity contribution < 1.29 is 14.1 Å². The van der Waals surface area contributed by atoms with Crippen molar-refractivity contribution in [3.05, 3.63) is 65.5 Å². The Morgan fingerprint density at radius 3 is 2.55 bits per heavy atom. The first-order chi connectivity index (χ1) is 15.0. The van der Waals surface area contributed by atoms with Crippen molar-refractivity contribution in [3.8, 4) is 17.1 Å². The number of rotatable bonds is 8. The average molecular weight is 420 g/mol. The molecule has 1 amide bonds. The van der Waals surface area contributed by atoms with E-state index in [1.807, 2.05) is 41.3 Å². The zero-order valence-corrected chi connectivity index (χ0v) is 18.4. The fraction of sp³-hybridized carbons (Fsp3) is 0.400. The van der Waals surface area contributed by atoms with Crippen LogP contribution in [0.4, 0.5) is 0 Å². The maximum atomic E-state index is 12.6. The number of amides is 1. The minimum absolute atomic E-state index is 0.0733. The summed E-state index contributed by atoms with van der Waals surface area (Å²) in [6.45, 7) is 8.28. The minimum atomic E-state index is -0.0733. The molecule has 31 heavy (non-hydrogen) atoms. The summed E-state index contributed by atoms with van der Waals surface area (Å²) in [5.74, 6) is 2.47. The summed E-state index contributed by atoms with van der Waals surface area (Å²) < 4.78 is 11.1. The van der Waals surface area contributed by atoms with Crippen molar-refractivity contribution in [2.75, 3.05) is 13.2 Å². The molecule has 1 saturated heterocycles. The molecule has 0 N–H and O–H groups in total. The second kappa shape index (κ2) is 9.33. The van der Waals surface area contributed by atoms with Gasteiger partial charge in [0.15, 0.2) is 0 Å². The van der Waals surface area contributed by atoms with E-state index in [2.05, 4.69) is 43.0 Å². The third kappa shape index (κ3) is 4.95. The number of ether oxygens (including phenoxy) is 1. The molecule has 0 saturated carbocycles. The fourth-order valence-electron chi connectivity index (χ4n) is 3.76. The number of nitrogens with zero attached hydrogens (tertiary/aromatic N) is 3. The van der Waals surface area contributed by atoms with Gasteiger partial charge in [-0.2, -0.15) is 4.98 Å². The van der Waals surface area contributed by atoms with Gasteiger partial charge in [-0.15, -0.1) is 0 Å². The summed E-state index contributed by atoms with van der Waals surface area (Å²) in [7, 11) is 0. The van der Waals surface area contributed by atoms with Crippen LogP contribution in [0.5, 0.6) is 5.75 Å². The zero-order valence-electron chi connectivity index (χ0n) is 18.4. The van der Waals surface area contributed by atoms with Gasteiger partial charge in [0.25, 0.3) is 0 Å². The normalized spacial score (nSPS) is 16.3. The van der Waals surface area contributed by atoms with E-state index in [0.29, 0.717) is 43.8 Å². The molecule has 1 aromatic heterocycles. The van der Waals surface area contributed by atoms with Crippen molar-refractivity contribution >= 4 is 5.91 Å². The lowest BCUT2D eigenvalue weighted by Gasteiger charge is -2.16. The predicted molar refractivity (Wildman–Crippen MR) is 119 cm³/mol. The first kappa shape index (κ1) is 21.1. The first-order valence-corrected chi connectivity index (χ1v) is 11.0. The molecular formula is C25H29N3O3. The van der Waals surface area contributed by atoms with Crippen LogP contribution in [-0.4, -0.2) is 34.1 Å². The molecule has 0 spiro atoms. The Morgan fingerprint density at radius 2 is 1.87 bits per heavy atom. The lowest BCUT2D eigenvalue weighted by atomic mass is 10.0. The lowest BCUT2D eigenvalue weighted by Crippen LogP contribution is -2.24. The van der Waals surface area contributed by atoms with E-state index < -0.39 is 0 Å². The van der Waals surface area contributed by atoms with Crippen LogP contribution in [0.1, 0.15) is 62.5 Å². The molecule has 3 aromatic rings. The standard InChI is InChI=1S/C25H29N3O3/c1-4-13-30-22-11-5-18(6-12-22)15-28-16-21(14-23(28)29)25-26-24(27-31-25)20-9-7-19(8-10-20)17(2)3/h5-12,17,21H,4,13-16H2,1-3H3. The zero-order chi connectivity index (χ0) is 21.8. The number of aromatic nitrogens is 2. The van der Waals surface area contributed by atoms with Gasteiger partial charge >= 0.3 is 0 Å². The van der Waals surface area contributed by atoms with E-state index in [-0.39, 0.29) is 11.8 Å². The van der Waals surface area contributed by atoms with E-state index >= 15 is 0 Å². The molecule has 4 rings (SSSR count). The van der Waals surface area contributed by atoms with Crippen molar-refractivity contribution in [1.29, 1.82) is 0 Å². The van der Waals surface area contributed by atoms with E-state index in [1.165, 1.54) is 5.56 Å². The summed E-state index contributed by atoms with van der Waals surface area (Å²) >= 11 is 0. The smallest absolute Gasteiger partial charge is 0.232 e. The van der Waals surface area contributed by atoms with Gasteiger partial charge in [-0.25, -0.2) is 0 Å². The number of likely N-dealkylation sites (tertiary alicyclic amines) is 1.